The van der Waals surface area contributed by atoms with Crippen LogP contribution in [-0.4, -0.2) is 27.4 Å². The fraction of sp³-hybridized carbons (Fsp3) is 0.562. The van der Waals surface area contributed by atoms with Crippen molar-refractivity contribution in [3.8, 4) is 10.8 Å². The lowest BCUT2D eigenvalue weighted by molar-refractivity contribution is -0.152. The van der Waals surface area contributed by atoms with Crippen molar-refractivity contribution in [3.63, 3.8) is 0 Å². The third-order valence-corrected chi connectivity index (χ3v) is 4.23. The first-order valence-corrected chi connectivity index (χ1v) is 8.73. The molecule has 6 nitrogen and oxygen atoms in total. The van der Waals surface area contributed by atoms with Crippen LogP contribution in [-0.2, 0) is 9.53 Å². The summed E-state index contributed by atoms with van der Waals surface area (Å²) in [5, 5.41) is 19.6. The summed E-state index contributed by atoms with van der Waals surface area (Å²) < 4.78 is 10.8. The van der Waals surface area contributed by atoms with Gasteiger partial charge in [-0.15, -0.1) is 21.5 Å². The summed E-state index contributed by atoms with van der Waals surface area (Å²) in [4.78, 5) is 12.7. The van der Waals surface area contributed by atoms with Gasteiger partial charge in [0.1, 0.15) is 0 Å². The van der Waals surface area contributed by atoms with E-state index in [-0.39, 0.29) is 12.3 Å². The molecule has 0 aliphatic rings. The first-order chi connectivity index (χ1) is 11.1. The van der Waals surface area contributed by atoms with Gasteiger partial charge in [-0.25, -0.2) is 0 Å². The topological polar surface area (TPSA) is 85.5 Å². The molecular weight excluding hydrogens is 316 g/mol. The number of rotatable bonds is 9. The fourth-order valence-corrected chi connectivity index (χ4v) is 2.76. The Bertz CT molecular complexity index is 597. The Labute approximate surface area is 139 Å². The summed E-state index contributed by atoms with van der Waals surface area (Å²) in [5.74, 6) is 0.206. The Hall–Kier alpha value is -1.73. The molecule has 0 bridgehead atoms. The smallest absolute Gasteiger partial charge is 0.309 e. The zero-order valence-corrected chi connectivity index (χ0v) is 14.2. The summed E-state index contributed by atoms with van der Waals surface area (Å²) >= 11 is 1.50. The number of nitrogens with zero attached hydrogens (tertiary/aromatic N) is 2. The average molecular weight is 338 g/mol. The van der Waals surface area contributed by atoms with Gasteiger partial charge in [0.05, 0.1) is 17.4 Å². The molecule has 0 aliphatic carbocycles. The van der Waals surface area contributed by atoms with Crippen molar-refractivity contribution in [2.45, 2.75) is 58.2 Å². The number of carbonyl (C=O) groups excluding carboxylic acids is 1. The SMILES string of the molecule is CCCCC[C@H](O)CC(=O)O[C@H](C)c1nnc(-c2cccs2)o1. The lowest BCUT2D eigenvalue weighted by Gasteiger charge is -2.12. The second kappa shape index (κ2) is 8.79. The third kappa shape index (κ3) is 5.44. The first kappa shape index (κ1) is 17.6. The lowest BCUT2D eigenvalue weighted by Crippen LogP contribution is -2.17. The molecular formula is C16H22N2O4S. The fourth-order valence-electron chi connectivity index (χ4n) is 2.12. The molecule has 23 heavy (non-hydrogen) atoms. The number of esters is 1. The first-order valence-electron chi connectivity index (χ1n) is 7.85. The van der Waals surface area contributed by atoms with Gasteiger partial charge in [0.15, 0.2) is 6.10 Å². The van der Waals surface area contributed by atoms with Crippen LogP contribution < -0.4 is 0 Å². The summed E-state index contributed by atoms with van der Waals surface area (Å²) in [6.45, 7) is 3.77. The van der Waals surface area contributed by atoms with Crippen molar-refractivity contribution in [3.05, 3.63) is 23.4 Å². The predicted octanol–water partition coefficient (Wildman–Crippen LogP) is 3.73. The van der Waals surface area contributed by atoms with Gasteiger partial charge in [-0.3, -0.25) is 4.79 Å². The Morgan fingerprint density at radius 2 is 2.26 bits per heavy atom. The molecule has 0 aromatic carbocycles. The van der Waals surface area contributed by atoms with Crippen molar-refractivity contribution < 1.29 is 19.1 Å². The van der Waals surface area contributed by atoms with Crippen molar-refractivity contribution in [2.75, 3.05) is 0 Å². The molecule has 0 spiro atoms. The average Bonchev–Trinajstić information content (AvgIpc) is 3.18. The van der Waals surface area contributed by atoms with Crippen LogP contribution >= 0.6 is 11.3 Å². The highest BCUT2D eigenvalue weighted by molar-refractivity contribution is 7.13. The van der Waals surface area contributed by atoms with Crippen LogP contribution in [0.3, 0.4) is 0 Å². The maximum atomic E-state index is 11.8. The van der Waals surface area contributed by atoms with Crippen molar-refractivity contribution >= 4 is 17.3 Å². The maximum absolute atomic E-state index is 11.8. The molecule has 2 rings (SSSR count). The molecule has 0 aliphatic heterocycles. The van der Waals surface area contributed by atoms with Gasteiger partial charge in [0.2, 0.25) is 0 Å². The van der Waals surface area contributed by atoms with Gasteiger partial charge in [-0.1, -0.05) is 32.3 Å². The van der Waals surface area contributed by atoms with E-state index in [0.29, 0.717) is 12.3 Å². The minimum atomic E-state index is -0.661. The molecule has 0 fully saturated rings. The number of hydrogen-bond acceptors (Lipinski definition) is 7. The van der Waals surface area contributed by atoms with Crippen LogP contribution in [0, 0.1) is 0 Å². The normalized spacial score (nSPS) is 13.7. The number of unbranched alkanes of at least 4 members (excludes halogenated alkanes) is 2. The van der Waals surface area contributed by atoms with Gasteiger partial charge in [0.25, 0.3) is 11.8 Å². The predicted molar refractivity (Wildman–Crippen MR) is 86.9 cm³/mol. The molecule has 0 saturated heterocycles. The van der Waals surface area contributed by atoms with E-state index in [2.05, 4.69) is 17.1 Å². The van der Waals surface area contributed by atoms with Crippen molar-refractivity contribution in [1.82, 2.24) is 10.2 Å². The van der Waals surface area contributed by atoms with Crippen molar-refractivity contribution in [2.24, 2.45) is 0 Å². The number of aliphatic hydroxyl groups excluding tert-OH is 1. The van der Waals surface area contributed by atoms with E-state index >= 15 is 0 Å². The Morgan fingerprint density at radius 3 is 2.96 bits per heavy atom. The van der Waals surface area contributed by atoms with E-state index in [9.17, 15) is 9.90 Å². The standard InChI is InChI=1S/C16H22N2O4S/c1-3-4-5-7-12(19)10-14(20)21-11(2)15-17-18-16(22-15)13-8-6-9-23-13/h6,8-9,11-12,19H,3-5,7,10H2,1-2H3/t11-,12+/m1/s1. The monoisotopic (exact) mass is 338 g/mol. The second-order valence-electron chi connectivity index (χ2n) is 5.41. The van der Waals surface area contributed by atoms with Crippen LogP contribution in [0.5, 0.6) is 0 Å². The highest BCUT2D eigenvalue weighted by Gasteiger charge is 2.20. The zero-order valence-electron chi connectivity index (χ0n) is 13.4. The van der Waals surface area contributed by atoms with E-state index in [1.54, 1.807) is 6.92 Å². The van der Waals surface area contributed by atoms with Crippen LogP contribution in [0.15, 0.2) is 21.9 Å². The molecule has 2 aromatic heterocycles. The molecule has 0 saturated carbocycles. The summed E-state index contributed by atoms with van der Waals surface area (Å²) in [6, 6.07) is 3.78. The van der Waals surface area contributed by atoms with Crippen molar-refractivity contribution in [1.29, 1.82) is 0 Å². The minimum absolute atomic E-state index is 0.0139. The Kier molecular flexibility index (Phi) is 6.73. The molecule has 2 heterocycles. The van der Waals surface area contributed by atoms with Gasteiger partial charge >= 0.3 is 5.97 Å². The number of carbonyl (C=O) groups is 1. The number of ether oxygens (including phenoxy) is 1. The third-order valence-electron chi connectivity index (χ3n) is 3.37. The summed E-state index contributed by atoms with van der Waals surface area (Å²) in [6.07, 6.45) is 2.35. The van der Waals surface area contributed by atoms with Gasteiger partial charge < -0.3 is 14.3 Å². The molecule has 0 amide bonds. The molecule has 1 N–H and O–H groups in total. The minimum Gasteiger partial charge on any atom is -0.452 e. The van der Waals surface area contributed by atoms with Crippen LogP contribution in [0.2, 0.25) is 0 Å². The summed E-state index contributed by atoms with van der Waals surface area (Å²) in [5.41, 5.74) is 0. The Morgan fingerprint density at radius 1 is 1.43 bits per heavy atom. The van der Waals surface area contributed by atoms with Crippen LogP contribution in [0.25, 0.3) is 10.8 Å². The molecule has 7 heteroatoms. The van der Waals surface area contributed by atoms with E-state index in [0.717, 1.165) is 24.1 Å². The zero-order chi connectivity index (χ0) is 16.7. The van der Waals surface area contributed by atoms with Gasteiger partial charge in [-0.2, -0.15) is 0 Å². The molecule has 2 aromatic rings. The van der Waals surface area contributed by atoms with Gasteiger partial charge in [0, 0.05) is 0 Å². The highest BCUT2D eigenvalue weighted by Crippen LogP contribution is 2.26. The lowest BCUT2D eigenvalue weighted by atomic mass is 10.1. The number of hydrogen-bond donors (Lipinski definition) is 1. The highest BCUT2D eigenvalue weighted by atomic mass is 32.1. The molecule has 0 radical (unpaired) electrons. The van der Waals surface area contributed by atoms with Gasteiger partial charge in [-0.05, 0) is 24.8 Å². The summed E-state index contributed by atoms with van der Waals surface area (Å²) in [7, 11) is 0. The molecule has 2 atom stereocenters. The number of aromatic nitrogens is 2. The largest absolute Gasteiger partial charge is 0.452 e. The van der Waals surface area contributed by atoms with Crippen LogP contribution in [0.1, 0.15) is 57.9 Å². The van der Waals surface area contributed by atoms with E-state index in [1.807, 2.05) is 17.5 Å². The number of thiophene rings is 1. The molecule has 126 valence electrons. The van der Waals surface area contributed by atoms with E-state index < -0.39 is 18.2 Å². The quantitative estimate of drug-likeness (QED) is 0.554. The van der Waals surface area contributed by atoms with Crippen LogP contribution in [0.4, 0.5) is 0 Å². The Balaban J connectivity index is 1.82. The van der Waals surface area contributed by atoms with E-state index in [4.69, 9.17) is 9.15 Å². The second-order valence-corrected chi connectivity index (χ2v) is 6.36. The maximum Gasteiger partial charge on any atom is 0.309 e. The van der Waals surface area contributed by atoms with E-state index in [1.165, 1.54) is 11.3 Å². The number of aliphatic hydroxyl groups is 1. The molecule has 0 unspecified atom stereocenters.